The summed E-state index contributed by atoms with van der Waals surface area (Å²) in [4.78, 5) is 37.9. The number of nitrogens with one attached hydrogen (secondary N) is 1. The first-order chi connectivity index (χ1) is 11.7. The highest BCUT2D eigenvalue weighted by atomic mass is 35.5. The van der Waals surface area contributed by atoms with Gasteiger partial charge in [0.2, 0.25) is 5.91 Å². The van der Waals surface area contributed by atoms with Crippen molar-refractivity contribution in [2.45, 2.75) is 45.3 Å². The van der Waals surface area contributed by atoms with E-state index in [0.29, 0.717) is 23.4 Å². The quantitative estimate of drug-likeness (QED) is 0.812. The summed E-state index contributed by atoms with van der Waals surface area (Å²) in [6.45, 7) is 5.82. The van der Waals surface area contributed by atoms with Gasteiger partial charge in [-0.15, -0.1) is 0 Å². The highest BCUT2D eigenvalue weighted by Crippen LogP contribution is 2.23. The molecule has 136 valence electrons. The zero-order chi connectivity index (χ0) is 18.6. The van der Waals surface area contributed by atoms with Crippen molar-refractivity contribution in [3.63, 3.8) is 0 Å². The van der Waals surface area contributed by atoms with E-state index in [9.17, 15) is 14.4 Å². The first kappa shape index (κ1) is 19.2. The average Bonchev–Trinajstić information content (AvgIpc) is 2.87. The first-order valence-electron chi connectivity index (χ1n) is 8.23. The molecule has 0 spiro atoms. The van der Waals surface area contributed by atoms with Crippen LogP contribution < -0.4 is 5.32 Å². The molecule has 2 amide bonds. The zero-order valence-electron chi connectivity index (χ0n) is 14.7. The van der Waals surface area contributed by atoms with Crippen molar-refractivity contribution < 1.29 is 19.1 Å². The first-order valence-corrected chi connectivity index (χ1v) is 8.61. The molecule has 7 heteroatoms. The van der Waals surface area contributed by atoms with Crippen LogP contribution in [-0.2, 0) is 9.53 Å². The van der Waals surface area contributed by atoms with Crippen molar-refractivity contribution >= 4 is 29.4 Å². The number of hydrogen-bond acceptors (Lipinski definition) is 4. The Hall–Kier alpha value is -2.08. The van der Waals surface area contributed by atoms with E-state index in [2.05, 4.69) is 5.32 Å². The van der Waals surface area contributed by atoms with Crippen molar-refractivity contribution in [1.29, 1.82) is 0 Å². The SMILES string of the molecule is CC(C)(C)OC(=O)NCCN1C(=O)CCC1C(=O)c1ccc(Cl)cc1. The molecule has 25 heavy (non-hydrogen) atoms. The van der Waals surface area contributed by atoms with Crippen LogP contribution >= 0.6 is 11.6 Å². The van der Waals surface area contributed by atoms with Crippen molar-refractivity contribution in [1.82, 2.24) is 10.2 Å². The fraction of sp³-hybridized carbons (Fsp3) is 0.500. The Balaban J connectivity index is 1.94. The lowest BCUT2D eigenvalue weighted by molar-refractivity contribution is -0.128. The lowest BCUT2D eigenvalue weighted by Crippen LogP contribution is -2.44. The van der Waals surface area contributed by atoms with Crippen LogP contribution in [0.1, 0.15) is 44.0 Å². The summed E-state index contributed by atoms with van der Waals surface area (Å²) in [6, 6.07) is 6.11. The van der Waals surface area contributed by atoms with Crippen LogP contribution in [0.3, 0.4) is 0 Å². The van der Waals surface area contributed by atoms with Crippen LogP contribution in [0, 0.1) is 0 Å². The summed E-state index contributed by atoms with van der Waals surface area (Å²) in [5.74, 6) is -0.196. The Morgan fingerprint density at radius 3 is 2.52 bits per heavy atom. The minimum absolute atomic E-state index is 0.0849. The number of carbonyl (C=O) groups excluding carboxylic acids is 3. The molecule has 1 saturated heterocycles. The molecule has 1 aromatic rings. The lowest BCUT2D eigenvalue weighted by atomic mass is 10.0. The van der Waals surface area contributed by atoms with Crippen molar-refractivity contribution in [2.75, 3.05) is 13.1 Å². The van der Waals surface area contributed by atoms with E-state index in [-0.39, 0.29) is 24.8 Å². The highest BCUT2D eigenvalue weighted by molar-refractivity contribution is 6.30. The molecule has 1 aliphatic rings. The van der Waals surface area contributed by atoms with Crippen LogP contribution in [0.2, 0.25) is 5.02 Å². The standard InChI is InChI=1S/C18H23ClN2O4/c1-18(2,3)25-17(24)20-10-11-21-14(8-9-15(21)22)16(23)12-4-6-13(19)7-5-12/h4-7,14H,8-11H2,1-3H3,(H,20,24). The van der Waals surface area contributed by atoms with Crippen LogP contribution in [0.15, 0.2) is 24.3 Å². The van der Waals surface area contributed by atoms with Gasteiger partial charge >= 0.3 is 6.09 Å². The van der Waals surface area contributed by atoms with E-state index < -0.39 is 17.7 Å². The van der Waals surface area contributed by atoms with Crippen molar-refractivity contribution in [3.05, 3.63) is 34.9 Å². The third-order valence-electron chi connectivity index (χ3n) is 3.78. The Bertz CT molecular complexity index is 652. The van der Waals surface area contributed by atoms with E-state index in [1.165, 1.54) is 4.90 Å². The van der Waals surface area contributed by atoms with E-state index in [1.807, 2.05) is 0 Å². The number of Topliss-reactive ketones (excluding diaryl/α,β-unsaturated/α-hetero) is 1. The normalized spacial score (nSPS) is 17.5. The molecule has 1 heterocycles. The number of halogens is 1. The van der Waals surface area contributed by atoms with Gasteiger partial charge < -0.3 is 15.0 Å². The number of rotatable bonds is 5. The maximum Gasteiger partial charge on any atom is 0.407 e. The zero-order valence-corrected chi connectivity index (χ0v) is 15.4. The second-order valence-corrected chi connectivity index (χ2v) is 7.38. The van der Waals surface area contributed by atoms with Gasteiger partial charge in [-0.05, 0) is 51.5 Å². The van der Waals surface area contributed by atoms with Crippen molar-refractivity contribution in [2.24, 2.45) is 0 Å². The molecule has 0 radical (unpaired) electrons. The molecule has 2 rings (SSSR count). The maximum absolute atomic E-state index is 12.6. The molecular weight excluding hydrogens is 344 g/mol. The summed E-state index contributed by atoms with van der Waals surface area (Å²) in [5.41, 5.74) is -0.0603. The largest absolute Gasteiger partial charge is 0.444 e. The Kier molecular flexibility index (Phi) is 6.06. The summed E-state index contributed by atoms with van der Waals surface area (Å²) in [5, 5.41) is 3.16. The van der Waals surface area contributed by atoms with Gasteiger partial charge in [0.25, 0.3) is 0 Å². The Morgan fingerprint density at radius 1 is 1.28 bits per heavy atom. The number of alkyl carbamates (subject to hydrolysis) is 1. The summed E-state index contributed by atoms with van der Waals surface area (Å²) < 4.78 is 5.15. The molecule has 0 aromatic heterocycles. The predicted molar refractivity (Wildman–Crippen MR) is 94.8 cm³/mol. The van der Waals surface area contributed by atoms with Gasteiger partial charge in [-0.2, -0.15) is 0 Å². The van der Waals surface area contributed by atoms with Gasteiger partial charge in [0.05, 0.1) is 6.04 Å². The number of likely N-dealkylation sites (tertiary alicyclic amines) is 1. The molecular formula is C18H23ClN2O4. The minimum atomic E-state index is -0.583. The van der Waals surface area contributed by atoms with Gasteiger partial charge in [0.1, 0.15) is 5.60 Å². The number of hydrogen-bond donors (Lipinski definition) is 1. The molecule has 1 N–H and O–H groups in total. The lowest BCUT2D eigenvalue weighted by Gasteiger charge is -2.25. The average molecular weight is 367 g/mol. The molecule has 1 fully saturated rings. The van der Waals surface area contributed by atoms with Crippen LogP contribution in [0.5, 0.6) is 0 Å². The molecule has 0 bridgehead atoms. The van der Waals surface area contributed by atoms with E-state index in [0.717, 1.165) is 0 Å². The predicted octanol–water partition coefficient (Wildman–Crippen LogP) is 3.04. The minimum Gasteiger partial charge on any atom is -0.444 e. The monoisotopic (exact) mass is 366 g/mol. The van der Waals surface area contributed by atoms with Gasteiger partial charge in [0.15, 0.2) is 5.78 Å². The molecule has 0 saturated carbocycles. The number of amides is 2. The summed E-state index contributed by atoms with van der Waals surface area (Å²) in [6.07, 6.45) is 0.267. The van der Waals surface area contributed by atoms with E-state index >= 15 is 0 Å². The van der Waals surface area contributed by atoms with E-state index in [1.54, 1.807) is 45.0 Å². The smallest absolute Gasteiger partial charge is 0.407 e. The number of carbonyl (C=O) groups is 3. The maximum atomic E-state index is 12.6. The second-order valence-electron chi connectivity index (χ2n) is 6.94. The second kappa shape index (κ2) is 7.87. The van der Waals surface area contributed by atoms with Crippen LogP contribution in [0.25, 0.3) is 0 Å². The number of ether oxygens (including phenoxy) is 1. The topological polar surface area (TPSA) is 75.7 Å². The molecule has 0 aliphatic carbocycles. The molecule has 1 unspecified atom stereocenters. The van der Waals surface area contributed by atoms with Gasteiger partial charge in [-0.25, -0.2) is 4.79 Å². The Morgan fingerprint density at radius 2 is 1.92 bits per heavy atom. The van der Waals surface area contributed by atoms with E-state index in [4.69, 9.17) is 16.3 Å². The summed E-state index contributed by atoms with van der Waals surface area (Å²) in [7, 11) is 0. The van der Waals surface area contributed by atoms with Crippen LogP contribution in [-0.4, -0.2) is 47.4 Å². The van der Waals surface area contributed by atoms with Crippen LogP contribution in [0.4, 0.5) is 4.79 Å². The third-order valence-corrected chi connectivity index (χ3v) is 4.03. The molecule has 6 nitrogen and oxygen atoms in total. The molecule has 1 aliphatic heterocycles. The number of nitrogens with zero attached hydrogens (tertiary/aromatic N) is 1. The summed E-state index contributed by atoms with van der Waals surface area (Å²) >= 11 is 5.84. The molecule has 1 aromatic carbocycles. The fourth-order valence-corrected chi connectivity index (χ4v) is 2.81. The number of ketones is 1. The van der Waals surface area contributed by atoms with Gasteiger partial charge in [0, 0.05) is 30.1 Å². The fourth-order valence-electron chi connectivity index (χ4n) is 2.69. The highest BCUT2D eigenvalue weighted by Gasteiger charge is 2.36. The van der Waals surface area contributed by atoms with Crippen molar-refractivity contribution in [3.8, 4) is 0 Å². The van der Waals surface area contributed by atoms with Gasteiger partial charge in [-0.1, -0.05) is 11.6 Å². The number of benzene rings is 1. The van der Waals surface area contributed by atoms with Gasteiger partial charge in [-0.3, -0.25) is 9.59 Å². The Labute approximate surface area is 152 Å². The third kappa shape index (κ3) is 5.46. The molecule has 1 atom stereocenters.